The molecule has 0 radical (unpaired) electrons. The Bertz CT molecular complexity index is 693. The van der Waals surface area contributed by atoms with E-state index in [0.29, 0.717) is 31.1 Å². The monoisotopic (exact) mass is 383 g/mol. The molecular weight excluding hydrogens is 360 g/mol. The van der Waals surface area contributed by atoms with Crippen molar-refractivity contribution < 1.29 is 23.2 Å². The Labute approximate surface area is 156 Å². The van der Waals surface area contributed by atoms with Gasteiger partial charge < -0.3 is 14.5 Å². The summed E-state index contributed by atoms with van der Waals surface area (Å²) in [6, 6.07) is 4.06. The van der Waals surface area contributed by atoms with E-state index in [4.69, 9.17) is 0 Å². The number of amides is 1. The molecule has 2 fully saturated rings. The van der Waals surface area contributed by atoms with Gasteiger partial charge in [0.2, 0.25) is 11.7 Å². The number of carbonyl (C=O) groups is 1. The number of carbonyl (C=O) groups excluding carboxylic acids is 1. The number of nitrogens with zero attached hydrogens (tertiary/aromatic N) is 3. The molecule has 2 aliphatic heterocycles. The number of rotatable bonds is 6. The average Bonchev–Trinajstić information content (AvgIpc) is 2.63. The second-order valence-electron chi connectivity index (χ2n) is 7.01. The molecule has 1 amide bonds. The van der Waals surface area contributed by atoms with Crippen molar-refractivity contribution in [1.29, 1.82) is 0 Å². The van der Waals surface area contributed by atoms with Crippen LogP contribution in [0, 0.1) is 16.0 Å². The number of likely N-dealkylation sites (tertiary alicyclic amines) is 1. The second-order valence-corrected chi connectivity index (χ2v) is 7.01. The van der Waals surface area contributed by atoms with E-state index in [-0.39, 0.29) is 5.91 Å². The van der Waals surface area contributed by atoms with Gasteiger partial charge in [0.15, 0.2) is 0 Å². The lowest BCUT2D eigenvalue weighted by atomic mass is 9.94. The molecule has 2 saturated heterocycles. The highest BCUT2D eigenvalue weighted by atomic mass is 19.3. The average molecular weight is 383 g/mol. The number of nitro groups is 1. The number of piperidine rings is 2. The predicted molar refractivity (Wildman–Crippen MR) is 95.1 cm³/mol. The number of hydrogen-bond donors (Lipinski definition) is 0. The number of alkyl halides is 2. The molecule has 27 heavy (non-hydrogen) atoms. The van der Waals surface area contributed by atoms with Crippen LogP contribution in [-0.4, -0.2) is 48.5 Å². The molecule has 3 rings (SSSR count). The van der Waals surface area contributed by atoms with Crippen molar-refractivity contribution in [2.24, 2.45) is 5.92 Å². The van der Waals surface area contributed by atoms with Gasteiger partial charge in [-0.3, -0.25) is 14.9 Å². The van der Waals surface area contributed by atoms with Gasteiger partial charge >= 0.3 is 12.3 Å². The van der Waals surface area contributed by atoms with Gasteiger partial charge in [0.05, 0.1) is 4.92 Å². The van der Waals surface area contributed by atoms with Crippen molar-refractivity contribution in [2.45, 2.75) is 38.7 Å². The minimum absolute atomic E-state index is 0.229. The molecule has 0 aliphatic carbocycles. The molecule has 9 heteroatoms. The fraction of sp³-hybridized carbons (Fsp3) is 0.611. The summed E-state index contributed by atoms with van der Waals surface area (Å²) in [6.45, 7) is -0.105. The van der Waals surface area contributed by atoms with Crippen LogP contribution in [0.25, 0.3) is 0 Å². The number of nitro benzene ring substituents is 1. The Kier molecular flexibility index (Phi) is 6.08. The molecule has 0 saturated carbocycles. The Hall–Kier alpha value is -2.45. The van der Waals surface area contributed by atoms with Crippen LogP contribution in [-0.2, 0) is 4.79 Å². The molecule has 7 nitrogen and oxygen atoms in total. The Morgan fingerprint density at radius 1 is 1.22 bits per heavy atom. The zero-order valence-electron chi connectivity index (χ0n) is 15.0. The van der Waals surface area contributed by atoms with Crippen molar-refractivity contribution in [3.05, 3.63) is 28.3 Å². The summed E-state index contributed by atoms with van der Waals surface area (Å²) in [7, 11) is 0. The third-order valence-corrected chi connectivity index (χ3v) is 5.24. The molecule has 0 spiro atoms. The lowest BCUT2D eigenvalue weighted by Crippen LogP contribution is -2.42. The zero-order chi connectivity index (χ0) is 19.4. The van der Waals surface area contributed by atoms with E-state index in [1.54, 1.807) is 6.07 Å². The second kappa shape index (κ2) is 8.49. The standard InChI is InChI=1S/C18H23F2N3O4/c19-18(20)27-16-11-14(4-5-15(16)23(25)26)21-9-6-13(7-10-21)12-22-8-2-1-3-17(22)24/h4-5,11,13,18H,1-3,6-10,12H2. The first-order valence-corrected chi connectivity index (χ1v) is 9.20. The van der Waals surface area contributed by atoms with E-state index in [9.17, 15) is 23.7 Å². The van der Waals surface area contributed by atoms with Crippen molar-refractivity contribution in [2.75, 3.05) is 31.1 Å². The fourth-order valence-corrected chi connectivity index (χ4v) is 3.78. The molecule has 0 N–H and O–H groups in total. The molecule has 0 bridgehead atoms. The Morgan fingerprint density at radius 2 is 1.96 bits per heavy atom. The minimum Gasteiger partial charge on any atom is -0.427 e. The van der Waals surface area contributed by atoms with Crippen LogP contribution in [0.4, 0.5) is 20.2 Å². The maximum Gasteiger partial charge on any atom is 0.387 e. The third kappa shape index (κ3) is 4.84. The summed E-state index contributed by atoms with van der Waals surface area (Å²) in [5, 5.41) is 11.0. The molecule has 1 aromatic carbocycles. The highest BCUT2D eigenvalue weighted by Crippen LogP contribution is 2.34. The summed E-state index contributed by atoms with van der Waals surface area (Å²) in [4.78, 5) is 26.2. The number of halogens is 2. The highest BCUT2D eigenvalue weighted by Gasteiger charge is 2.26. The highest BCUT2D eigenvalue weighted by molar-refractivity contribution is 5.76. The van der Waals surface area contributed by atoms with Gasteiger partial charge in [-0.15, -0.1) is 0 Å². The van der Waals surface area contributed by atoms with Gasteiger partial charge in [0.1, 0.15) is 0 Å². The summed E-state index contributed by atoms with van der Waals surface area (Å²) in [5.74, 6) is 0.222. The quantitative estimate of drug-likeness (QED) is 0.556. The minimum atomic E-state index is -3.12. The molecular formula is C18H23F2N3O4. The van der Waals surface area contributed by atoms with Crippen molar-refractivity contribution in [1.82, 2.24) is 4.90 Å². The van der Waals surface area contributed by atoms with E-state index in [1.807, 2.05) is 9.80 Å². The largest absolute Gasteiger partial charge is 0.427 e. The van der Waals surface area contributed by atoms with Crippen molar-refractivity contribution >= 4 is 17.3 Å². The third-order valence-electron chi connectivity index (χ3n) is 5.24. The lowest BCUT2D eigenvalue weighted by Gasteiger charge is -2.37. The summed E-state index contributed by atoms with van der Waals surface area (Å²) < 4.78 is 29.4. The molecule has 2 aliphatic rings. The molecule has 0 atom stereocenters. The zero-order valence-corrected chi connectivity index (χ0v) is 15.0. The topological polar surface area (TPSA) is 75.9 Å². The van der Waals surface area contributed by atoms with Crippen molar-refractivity contribution in [3.8, 4) is 5.75 Å². The first kappa shape index (κ1) is 19.3. The lowest BCUT2D eigenvalue weighted by molar-refractivity contribution is -0.386. The smallest absolute Gasteiger partial charge is 0.387 e. The molecule has 148 valence electrons. The van der Waals surface area contributed by atoms with Gasteiger partial charge in [-0.05, 0) is 37.7 Å². The summed E-state index contributed by atoms with van der Waals surface area (Å²) in [5.41, 5.74) is 0.154. The SMILES string of the molecule is O=C1CCCCN1CC1CCN(c2ccc([N+](=O)[O-])c(OC(F)F)c2)CC1. The van der Waals surface area contributed by atoms with Crippen LogP contribution in [0.2, 0.25) is 0 Å². The van der Waals surface area contributed by atoms with E-state index in [1.165, 1.54) is 12.1 Å². The maximum atomic E-state index is 12.6. The van der Waals surface area contributed by atoms with Crippen LogP contribution in [0.15, 0.2) is 18.2 Å². The molecule has 0 aromatic heterocycles. The van der Waals surface area contributed by atoms with Gasteiger partial charge in [-0.2, -0.15) is 8.78 Å². The van der Waals surface area contributed by atoms with E-state index < -0.39 is 23.0 Å². The molecule has 0 unspecified atom stereocenters. The van der Waals surface area contributed by atoms with Crippen LogP contribution in [0.1, 0.15) is 32.1 Å². The van der Waals surface area contributed by atoms with Gasteiger partial charge in [0, 0.05) is 50.4 Å². The van der Waals surface area contributed by atoms with Crippen molar-refractivity contribution in [3.63, 3.8) is 0 Å². The first-order valence-electron chi connectivity index (χ1n) is 9.20. The summed E-state index contributed by atoms with van der Waals surface area (Å²) >= 11 is 0. The normalized spacial score (nSPS) is 18.9. The number of hydrogen-bond acceptors (Lipinski definition) is 5. The number of anilines is 1. The molecule has 1 aromatic rings. The number of ether oxygens (including phenoxy) is 1. The van der Waals surface area contributed by atoms with E-state index in [0.717, 1.165) is 38.8 Å². The van der Waals surface area contributed by atoms with E-state index >= 15 is 0 Å². The number of benzene rings is 1. The molecule has 2 heterocycles. The fourth-order valence-electron chi connectivity index (χ4n) is 3.78. The van der Waals surface area contributed by atoms with Gasteiger partial charge in [-0.25, -0.2) is 0 Å². The Morgan fingerprint density at radius 3 is 2.59 bits per heavy atom. The summed E-state index contributed by atoms with van der Waals surface area (Å²) in [6.07, 6.45) is 4.42. The van der Waals surface area contributed by atoms with Gasteiger partial charge in [-0.1, -0.05) is 0 Å². The van der Waals surface area contributed by atoms with Gasteiger partial charge in [0.25, 0.3) is 0 Å². The predicted octanol–water partition coefficient (Wildman–Crippen LogP) is 3.43. The Balaban J connectivity index is 1.61. The van der Waals surface area contributed by atoms with Crippen LogP contribution >= 0.6 is 0 Å². The van der Waals surface area contributed by atoms with E-state index in [2.05, 4.69) is 4.74 Å². The van der Waals surface area contributed by atoms with Crippen LogP contribution in [0.5, 0.6) is 5.75 Å². The first-order chi connectivity index (χ1) is 12.9. The van der Waals surface area contributed by atoms with Crippen LogP contribution in [0.3, 0.4) is 0 Å². The maximum absolute atomic E-state index is 12.6. The van der Waals surface area contributed by atoms with Crippen LogP contribution < -0.4 is 9.64 Å².